The molecule has 1 amide bonds. The lowest BCUT2D eigenvalue weighted by Gasteiger charge is -2.21. The van der Waals surface area contributed by atoms with Crippen LogP contribution in [0.15, 0.2) is 47.8 Å². The number of ether oxygens (including phenoxy) is 1. The highest BCUT2D eigenvalue weighted by atomic mass is 32.1. The van der Waals surface area contributed by atoms with Crippen molar-refractivity contribution in [2.24, 2.45) is 0 Å². The van der Waals surface area contributed by atoms with Crippen LogP contribution in [-0.4, -0.2) is 22.0 Å². The topological polar surface area (TPSA) is 79.7 Å². The Morgan fingerprint density at radius 3 is 2.54 bits per heavy atom. The van der Waals surface area contributed by atoms with E-state index in [0.29, 0.717) is 16.4 Å². The molecule has 1 heterocycles. The molecular weight excluding hydrogens is 376 g/mol. The number of aromatic nitrogens is 1. The first kappa shape index (κ1) is 19.6. The molecule has 28 heavy (non-hydrogen) atoms. The lowest BCUT2D eigenvalue weighted by molar-refractivity contribution is -0.115. The van der Waals surface area contributed by atoms with Crippen molar-refractivity contribution in [2.75, 3.05) is 4.90 Å². The third-order valence-corrected chi connectivity index (χ3v) is 5.19. The fraction of sp³-hybridized carbons (Fsp3) is 0.190. The number of phenolic OH excluding ortho intramolecular Hbond substituents is 1. The number of carbonyl (C=O) groups is 2. The van der Waals surface area contributed by atoms with E-state index in [1.165, 1.54) is 42.5 Å². The van der Waals surface area contributed by atoms with Crippen LogP contribution in [0.1, 0.15) is 34.1 Å². The maximum Gasteiger partial charge on any atom is 0.338 e. The van der Waals surface area contributed by atoms with Gasteiger partial charge in [-0.3, -0.25) is 9.69 Å². The van der Waals surface area contributed by atoms with E-state index in [-0.39, 0.29) is 18.3 Å². The molecule has 2 aromatic carbocycles. The smallest absolute Gasteiger partial charge is 0.338 e. The minimum absolute atomic E-state index is 0.00520. The minimum atomic E-state index is -0.507. The van der Waals surface area contributed by atoms with Crippen LogP contribution >= 0.6 is 11.3 Å². The second kappa shape index (κ2) is 8.22. The Morgan fingerprint density at radius 2 is 1.86 bits per heavy atom. The molecule has 3 rings (SSSR count). The molecule has 1 aromatic heterocycles. The molecule has 0 fully saturated rings. The number of carbonyl (C=O) groups excluding carboxylic acids is 2. The standard InChI is InChI=1S/C21H20N2O4S/c1-13-5-4-6-19(14(13)2)23(15(3)24)21-22-17(12-28-21)11-27-20(26)16-7-9-18(25)10-8-16/h4-10,12,25H,11H2,1-3H3. The molecule has 0 bridgehead atoms. The van der Waals surface area contributed by atoms with Crippen molar-refractivity contribution in [1.82, 2.24) is 4.98 Å². The molecule has 0 spiro atoms. The zero-order valence-electron chi connectivity index (χ0n) is 15.8. The van der Waals surface area contributed by atoms with Crippen molar-refractivity contribution in [3.05, 3.63) is 70.2 Å². The predicted molar refractivity (Wildman–Crippen MR) is 108 cm³/mol. The number of thiazole rings is 1. The molecule has 144 valence electrons. The summed E-state index contributed by atoms with van der Waals surface area (Å²) in [7, 11) is 0. The van der Waals surface area contributed by atoms with Crippen LogP contribution in [0.25, 0.3) is 0 Å². The second-order valence-electron chi connectivity index (χ2n) is 6.32. The molecule has 0 aliphatic heterocycles. The number of hydrogen-bond acceptors (Lipinski definition) is 6. The quantitative estimate of drug-likeness (QED) is 0.642. The van der Waals surface area contributed by atoms with Gasteiger partial charge in [0.2, 0.25) is 5.91 Å². The second-order valence-corrected chi connectivity index (χ2v) is 7.15. The van der Waals surface area contributed by atoms with Crippen LogP contribution in [0.5, 0.6) is 5.75 Å². The molecule has 3 aromatic rings. The molecule has 0 aliphatic rings. The summed E-state index contributed by atoms with van der Waals surface area (Å²) >= 11 is 1.31. The average molecular weight is 396 g/mol. The number of anilines is 2. The normalized spacial score (nSPS) is 10.5. The molecule has 0 radical (unpaired) electrons. The van der Waals surface area contributed by atoms with E-state index in [1.54, 1.807) is 10.3 Å². The van der Waals surface area contributed by atoms with Gasteiger partial charge in [0.25, 0.3) is 0 Å². The highest BCUT2D eigenvalue weighted by Crippen LogP contribution is 2.32. The molecule has 0 aliphatic carbocycles. The number of nitrogens with zero attached hydrogens (tertiary/aromatic N) is 2. The summed E-state index contributed by atoms with van der Waals surface area (Å²) in [6.07, 6.45) is 0. The Morgan fingerprint density at radius 1 is 1.14 bits per heavy atom. The number of hydrogen-bond donors (Lipinski definition) is 1. The third kappa shape index (κ3) is 4.20. The van der Waals surface area contributed by atoms with E-state index in [1.807, 2.05) is 32.0 Å². The first-order valence-electron chi connectivity index (χ1n) is 8.64. The zero-order chi connectivity index (χ0) is 20.3. The van der Waals surface area contributed by atoms with Crippen LogP contribution in [0.3, 0.4) is 0 Å². The van der Waals surface area contributed by atoms with Crippen LogP contribution in [0.2, 0.25) is 0 Å². The molecule has 6 nitrogen and oxygen atoms in total. The Labute approximate surface area is 167 Å². The summed E-state index contributed by atoms with van der Waals surface area (Å²) < 4.78 is 5.28. The number of aryl methyl sites for hydroxylation is 1. The van der Waals surface area contributed by atoms with E-state index in [0.717, 1.165) is 16.8 Å². The van der Waals surface area contributed by atoms with Gasteiger partial charge in [-0.25, -0.2) is 9.78 Å². The van der Waals surface area contributed by atoms with Gasteiger partial charge in [0.15, 0.2) is 5.13 Å². The first-order valence-corrected chi connectivity index (χ1v) is 9.52. The Balaban J connectivity index is 1.76. The molecule has 1 N–H and O–H groups in total. The monoisotopic (exact) mass is 396 g/mol. The molecule has 0 saturated heterocycles. The Hall–Kier alpha value is -3.19. The number of benzene rings is 2. The Bertz CT molecular complexity index is 1010. The van der Waals surface area contributed by atoms with Gasteiger partial charge in [-0.1, -0.05) is 12.1 Å². The van der Waals surface area contributed by atoms with Crippen molar-refractivity contribution in [1.29, 1.82) is 0 Å². The van der Waals surface area contributed by atoms with Gasteiger partial charge in [-0.15, -0.1) is 11.3 Å². The van der Waals surface area contributed by atoms with Gasteiger partial charge < -0.3 is 9.84 Å². The number of rotatable bonds is 5. The average Bonchev–Trinajstić information content (AvgIpc) is 3.12. The number of aromatic hydroxyl groups is 1. The summed E-state index contributed by atoms with van der Waals surface area (Å²) in [5.74, 6) is -0.570. The predicted octanol–water partition coefficient (Wildman–Crippen LogP) is 4.51. The van der Waals surface area contributed by atoms with Crippen LogP contribution in [-0.2, 0) is 16.1 Å². The van der Waals surface area contributed by atoms with Gasteiger partial charge in [0, 0.05) is 12.3 Å². The highest BCUT2D eigenvalue weighted by Gasteiger charge is 2.20. The summed E-state index contributed by atoms with van der Waals surface area (Å²) in [4.78, 5) is 30.4. The van der Waals surface area contributed by atoms with Crippen molar-refractivity contribution < 1.29 is 19.4 Å². The van der Waals surface area contributed by atoms with Gasteiger partial charge in [0.1, 0.15) is 12.4 Å². The summed E-state index contributed by atoms with van der Waals surface area (Å²) in [6.45, 7) is 5.45. The molecule has 0 saturated carbocycles. The third-order valence-electron chi connectivity index (χ3n) is 4.32. The van der Waals surface area contributed by atoms with Crippen molar-refractivity contribution >= 4 is 34.0 Å². The molecule has 0 atom stereocenters. The van der Waals surface area contributed by atoms with Crippen molar-refractivity contribution in [3.63, 3.8) is 0 Å². The summed E-state index contributed by atoms with van der Waals surface area (Å²) in [5.41, 5.74) is 3.78. The van der Waals surface area contributed by atoms with Gasteiger partial charge in [-0.05, 0) is 55.3 Å². The van der Waals surface area contributed by atoms with Crippen molar-refractivity contribution in [2.45, 2.75) is 27.4 Å². The number of amides is 1. The van der Waals surface area contributed by atoms with Gasteiger partial charge in [-0.2, -0.15) is 0 Å². The van der Waals surface area contributed by atoms with E-state index < -0.39 is 5.97 Å². The maximum absolute atomic E-state index is 12.3. The maximum atomic E-state index is 12.3. The summed E-state index contributed by atoms with van der Waals surface area (Å²) in [5, 5.41) is 11.6. The van der Waals surface area contributed by atoms with E-state index >= 15 is 0 Å². The lowest BCUT2D eigenvalue weighted by Crippen LogP contribution is -2.23. The largest absolute Gasteiger partial charge is 0.508 e. The fourth-order valence-electron chi connectivity index (χ4n) is 2.67. The highest BCUT2D eigenvalue weighted by molar-refractivity contribution is 7.14. The lowest BCUT2D eigenvalue weighted by atomic mass is 10.1. The van der Waals surface area contributed by atoms with Crippen LogP contribution in [0, 0.1) is 13.8 Å². The van der Waals surface area contributed by atoms with Crippen LogP contribution < -0.4 is 4.90 Å². The molecule has 7 heteroatoms. The van der Waals surface area contributed by atoms with Gasteiger partial charge >= 0.3 is 5.97 Å². The van der Waals surface area contributed by atoms with Crippen LogP contribution in [0.4, 0.5) is 10.8 Å². The first-order chi connectivity index (χ1) is 13.4. The fourth-order valence-corrected chi connectivity index (χ4v) is 3.54. The van der Waals surface area contributed by atoms with E-state index in [2.05, 4.69) is 4.98 Å². The summed E-state index contributed by atoms with van der Waals surface area (Å²) in [6, 6.07) is 11.6. The molecule has 0 unspecified atom stereocenters. The number of esters is 1. The van der Waals surface area contributed by atoms with Crippen molar-refractivity contribution in [3.8, 4) is 5.75 Å². The Kier molecular flexibility index (Phi) is 5.75. The van der Waals surface area contributed by atoms with E-state index in [4.69, 9.17) is 4.74 Å². The molecular formula is C21H20N2O4S. The number of phenols is 1. The minimum Gasteiger partial charge on any atom is -0.508 e. The SMILES string of the molecule is CC(=O)N(c1nc(COC(=O)c2ccc(O)cc2)cs1)c1cccc(C)c1C. The van der Waals surface area contributed by atoms with E-state index in [9.17, 15) is 14.7 Å². The zero-order valence-corrected chi connectivity index (χ0v) is 16.6. The van der Waals surface area contributed by atoms with Gasteiger partial charge in [0.05, 0.1) is 16.9 Å².